The summed E-state index contributed by atoms with van der Waals surface area (Å²) >= 11 is 0. The van der Waals surface area contributed by atoms with Gasteiger partial charge in [0.15, 0.2) is 5.76 Å². The first kappa shape index (κ1) is 21.8. The topological polar surface area (TPSA) is 102 Å². The highest BCUT2D eigenvalue weighted by Gasteiger charge is 2.36. The second-order valence-electron chi connectivity index (χ2n) is 7.02. The lowest BCUT2D eigenvalue weighted by atomic mass is 9.85. The molecule has 9 heteroatoms. The molecule has 1 saturated heterocycles. The van der Waals surface area contributed by atoms with Crippen molar-refractivity contribution in [2.24, 2.45) is 11.8 Å². The monoisotopic (exact) mass is 401 g/mol. The molecule has 27 heavy (non-hydrogen) atoms. The quantitative estimate of drug-likeness (QED) is 0.634. The Bertz CT molecular complexity index is 704. The first-order valence-electron chi connectivity index (χ1n) is 9.57. The number of ether oxygens (including phenoxy) is 1. The summed E-state index contributed by atoms with van der Waals surface area (Å²) in [5, 5.41) is 6.69. The van der Waals surface area contributed by atoms with E-state index in [-0.39, 0.29) is 22.6 Å². The van der Waals surface area contributed by atoms with Gasteiger partial charge in [0.25, 0.3) is 0 Å². The van der Waals surface area contributed by atoms with Crippen LogP contribution in [0, 0.1) is 25.7 Å². The highest BCUT2D eigenvalue weighted by molar-refractivity contribution is 7.89. The molecule has 1 aromatic heterocycles. The number of piperidine rings is 1. The number of amides is 1. The number of sulfonamides is 1. The lowest BCUT2D eigenvalue weighted by Gasteiger charge is -2.33. The van der Waals surface area contributed by atoms with Crippen LogP contribution in [0.1, 0.15) is 44.6 Å². The van der Waals surface area contributed by atoms with Crippen molar-refractivity contribution in [1.82, 2.24) is 14.8 Å². The Morgan fingerprint density at radius 3 is 2.59 bits per heavy atom. The van der Waals surface area contributed by atoms with Crippen LogP contribution in [0.2, 0.25) is 0 Å². The number of hydrogen-bond donors (Lipinski definition) is 1. The number of carbonyl (C=O) groups excluding carboxylic acids is 1. The van der Waals surface area contributed by atoms with Crippen LogP contribution in [0.25, 0.3) is 0 Å². The molecule has 2 heterocycles. The number of rotatable bonds is 9. The maximum atomic E-state index is 12.9. The van der Waals surface area contributed by atoms with Gasteiger partial charge in [0.2, 0.25) is 15.9 Å². The lowest BCUT2D eigenvalue weighted by molar-refractivity contribution is -0.126. The normalized spacial score (nSPS) is 17.8. The number of hydrogen-bond acceptors (Lipinski definition) is 6. The van der Waals surface area contributed by atoms with E-state index in [9.17, 15) is 13.2 Å². The maximum absolute atomic E-state index is 12.9. The van der Waals surface area contributed by atoms with E-state index < -0.39 is 10.0 Å². The molecule has 1 aromatic rings. The summed E-state index contributed by atoms with van der Waals surface area (Å²) in [5.41, 5.74) is 0.384. The lowest BCUT2D eigenvalue weighted by Crippen LogP contribution is -2.43. The largest absolute Gasteiger partial charge is 0.382 e. The molecule has 1 aliphatic heterocycles. The van der Waals surface area contributed by atoms with E-state index >= 15 is 0 Å². The highest BCUT2D eigenvalue weighted by atomic mass is 32.2. The first-order chi connectivity index (χ1) is 12.8. The zero-order chi connectivity index (χ0) is 20.0. The summed E-state index contributed by atoms with van der Waals surface area (Å²) in [6.45, 7) is 9.83. The van der Waals surface area contributed by atoms with E-state index in [1.54, 1.807) is 13.8 Å². The molecule has 0 radical (unpaired) electrons. The van der Waals surface area contributed by atoms with Gasteiger partial charge in [0, 0.05) is 38.8 Å². The van der Waals surface area contributed by atoms with E-state index in [2.05, 4.69) is 10.5 Å². The summed E-state index contributed by atoms with van der Waals surface area (Å²) in [4.78, 5) is 12.5. The van der Waals surface area contributed by atoms with Crippen LogP contribution < -0.4 is 5.32 Å². The van der Waals surface area contributed by atoms with Gasteiger partial charge < -0.3 is 14.6 Å². The van der Waals surface area contributed by atoms with Gasteiger partial charge in [-0.3, -0.25) is 4.79 Å². The van der Waals surface area contributed by atoms with Crippen LogP contribution in [-0.4, -0.2) is 56.6 Å². The molecule has 0 saturated carbocycles. The van der Waals surface area contributed by atoms with Crippen LogP contribution in [0.4, 0.5) is 0 Å². The van der Waals surface area contributed by atoms with Crippen molar-refractivity contribution in [1.29, 1.82) is 0 Å². The highest BCUT2D eigenvalue weighted by Crippen LogP contribution is 2.30. The fourth-order valence-electron chi connectivity index (χ4n) is 3.49. The van der Waals surface area contributed by atoms with E-state index in [4.69, 9.17) is 9.26 Å². The molecule has 1 amide bonds. The van der Waals surface area contributed by atoms with Crippen LogP contribution in [0.3, 0.4) is 0 Å². The zero-order valence-corrected chi connectivity index (χ0v) is 17.5. The van der Waals surface area contributed by atoms with Crippen LogP contribution in [-0.2, 0) is 19.6 Å². The number of nitrogens with one attached hydrogen (secondary N) is 1. The Morgan fingerprint density at radius 2 is 2.04 bits per heavy atom. The van der Waals surface area contributed by atoms with Gasteiger partial charge in [0.05, 0.1) is 0 Å². The minimum Gasteiger partial charge on any atom is -0.382 e. The van der Waals surface area contributed by atoms with Gasteiger partial charge in [-0.1, -0.05) is 12.1 Å². The summed E-state index contributed by atoms with van der Waals surface area (Å²) in [6.07, 6.45) is 2.12. The van der Waals surface area contributed by atoms with Crippen molar-refractivity contribution in [3.8, 4) is 0 Å². The molecular formula is C18H31N3O5S. The van der Waals surface area contributed by atoms with Crippen LogP contribution in [0.5, 0.6) is 0 Å². The molecular weight excluding hydrogens is 370 g/mol. The SMILES string of the molecule is CCOCCCNC(=O)[C@@H](C)C1CCN(S(=O)(=O)c2c(C)noc2C)CC1. The third kappa shape index (κ3) is 5.30. The Kier molecular flexibility index (Phi) is 7.81. The number of carbonyl (C=O) groups is 1. The van der Waals surface area contributed by atoms with Crippen LogP contribution >= 0.6 is 0 Å². The minimum absolute atomic E-state index is 0.0264. The summed E-state index contributed by atoms with van der Waals surface area (Å²) < 4.78 is 37.5. The molecule has 1 aliphatic rings. The van der Waals surface area contributed by atoms with Gasteiger partial charge in [-0.05, 0) is 46.0 Å². The molecule has 8 nitrogen and oxygen atoms in total. The van der Waals surface area contributed by atoms with Gasteiger partial charge in [-0.2, -0.15) is 4.31 Å². The fourth-order valence-corrected chi connectivity index (χ4v) is 5.25. The van der Waals surface area contributed by atoms with E-state index in [1.165, 1.54) is 4.31 Å². The summed E-state index contributed by atoms with van der Waals surface area (Å²) in [6, 6.07) is 0. The van der Waals surface area contributed by atoms with Gasteiger partial charge in [-0.15, -0.1) is 0 Å². The van der Waals surface area contributed by atoms with Gasteiger partial charge in [-0.25, -0.2) is 8.42 Å². The Labute approximate surface area is 161 Å². The molecule has 0 unspecified atom stereocenters. The van der Waals surface area contributed by atoms with E-state index in [1.807, 2.05) is 13.8 Å². The third-order valence-corrected chi connectivity index (χ3v) is 7.30. The minimum atomic E-state index is -3.61. The second kappa shape index (κ2) is 9.66. The van der Waals surface area contributed by atoms with Gasteiger partial charge in [0.1, 0.15) is 10.6 Å². The molecule has 1 N–H and O–H groups in total. The molecule has 2 rings (SSSR count). The van der Waals surface area contributed by atoms with Crippen molar-refractivity contribution in [2.75, 3.05) is 32.8 Å². The molecule has 1 atom stereocenters. The predicted octanol–water partition coefficient (Wildman–Crippen LogP) is 1.87. The second-order valence-corrected chi connectivity index (χ2v) is 8.90. The first-order valence-corrected chi connectivity index (χ1v) is 11.0. The van der Waals surface area contributed by atoms with Crippen molar-refractivity contribution >= 4 is 15.9 Å². The van der Waals surface area contributed by atoms with Crippen molar-refractivity contribution in [3.05, 3.63) is 11.5 Å². The van der Waals surface area contributed by atoms with Crippen molar-refractivity contribution in [2.45, 2.75) is 51.9 Å². The third-order valence-electron chi connectivity index (χ3n) is 5.15. The number of aromatic nitrogens is 1. The average Bonchev–Trinajstić information content (AvgIpc) is 3.00. The molecule has 154 valence electrons. The van der Waals surface area contributed by atoms with E-state index in [0.29, 0.717) is 57.1 Å². The average molecular weight is 402 g/mol. The Morgan fingerprint density at radius 1 is 1.37 bits per heavy atom. The fraction of sp³-hybridized carbons (Fsp3) is 0.778. The smallest absolute Gasteiger partial charge is 0.248 e. The van der Waals surface area contributed by atoms with Crippen molar-refractivity contribution in [3.63, 3.8) is 0 Å². The standard InChI is InChI=1S/C18H31N3O5S/c1-5-25-12-6-9-19-18(22)13(2)16-7-10-21(11-8-16)27(23,24)17-14(3)20-26-15(17)4/h13,16H,5-12H2,1-4H3,(H,19,22)/t13-/m0/s1. The number of nitrogens with zero attached hydrogens (tertiary/aromatic N) is 2. The summed E-state index contributed by atoms with van der Waals surface area (Å²) in [7, 11) is -3.61. The molecule has 0 aliphatic carbocycles. The molecule has 0 bridgehead atoms. The Balaban J connectivity index is 1.86. The van der Waals surface area contributed by atoms with Gasteiger partial charge >= 0.3 is 0 Å². The predicted molar refractivity (Wildman–Crippen MR) is 101 cm³/mol. The maximum Gasteiger partial charge on any atom is 0.248 e. The van der Waals surface area contributed by atoms with Crippen molar-refractivity contribution < 1.29 is 22.5 Å². The Hall–Kier alpha value is -1.45. The van der Waals surface area contributed by atoms with Crippen LogP contribution in [0.15, 0.2) is 9.42 Å². The molecule has 1 fully saturated rings. The summed E-state index contributed by atoms with van der Waals surface area (Å²) in [5.74, 6) is 0.377. The molecule has 0 aromatic carbocycles. The van der Waals surface area contributed by atoms with E-state index in [0.717, 1.165) is 6.42 Å². The zero-order valence-electron chi connectivity index (χ0n) is 16.7. The number of aryl methyl sites for hydroxylation is 2. The molecule has 0 spiro atoms.